The normalized spacial score (nSPS) is 18.0. The summed E-state index contributed by atoms with van der Waals surface area (Å²) in [5.41, 5.74) is -0.960. The van der Waals surface area contributed by atoms with Crippen LogP contribution in [0.2, 0.25) is 0 Å². The van der Waals surface area contributed by atoms with Crippen LogP contribution in [0, 0.1) is 5.92 Å². The highest BCUT2D eigenvalue weighted by Crippen LogP contribution is 2.31. The van der Waals surface area contributed by atoms with Crippen LogP contribution in [-0.2, 0) is 14.3 Å². The number of carbonyl (C=O) groups is 3. The lowest BCUT2D eigenvalue weighted by atomic mass is 9.78. The van der Waals surface area contributed by atoms with E-state index in [1.54, 1.807) is 44.2 Å². The van der Waals surface area contributed by atoms with Crippen LogP contribution in [0.3, 0.4) is 0 Å². The van der Waals surface area contributed by atoms with Gasteiger partial charge in [-0.15, -0.1) is 0 Å². The van der Waals surface area contributed by atoms with E-state index >= 15 is 0 Å². The number of benzene rings is 1. The Hall–Kier alpha value is -2.41. The maximum atomic E-state index is 13.1. The Morgan fingerprint density at radius 2 is 1.64 bits per heavy atom. The van der Waals surface area contributed by atoms with Gasteiger partial charge in [-0.2, -0.15) is 0 Å². The molecule has 1 saturated carbocycles. The average Bonchev–Trinajstić information content (AvgIpc) is 2.70. The van der Waals surface area contributed by atoms with Crippen molar-refractivity contribution >= 4 is 17.8 Å². The van der Waals surface area contributed by atoms with Crippen LogP contribution in [0.25, 0.3) is 0 Å². The van der Waals surface area contributed by atoms with Gasteiger partial charge in [-0.3, -0.25) is 9.59 Å². The van der Waals surface area contributed by atoms with Crippen LogP contribution in [0.5, 0.6) is 0 Å². The monoisotopic (exact) mass is 390 g/mol. The predicted molar refractivity (Wildman–Crippen MR) is 105 cm³/mol. The Kier molecular flexibility index (Phi) is 7.57. The topological polar surface area (TPSA) is 105 Å². The molecule has 1 aromatic carbocycles. The molecule has 154 valence electrons. The maximum Gasteiger partial charge on any atom is 0.328 e. The number of amides is 2. The SMILES string of the molecule is COC(=O)[C@@H](NC(=O)[C@H](NC(=O)c1ccccc1)C1(O)CCCCC1)C(C)C. The molecule has 1 aliphatic carbocycles. The van der Waals surface area contributed by atoms with E-state index in [4.69, 9.17) is 4.74 Å². The molecule has 7 heteroatoms. The second kappa shape index (κ2) is 9.68. The lowest BCUT2D eigenvalue weighted by Gasteiger charge is -2.39. The van der Waals surface area contributed by atoms with E-state index in [1.807, 2.05) is 0 Å². The zero-order valence-corrected chi connectivity index (χ0v) is 16.7. The third-order valence-corrected chi connectivity index (χ3v) is 5.25. The van der Waals surface area contributed by atoms with Gasteiger partial charge in [-0.1, -0.05) is 51.3 Å². The largest absolute Gasteiger partial charge is 0.467 e. The molecule has 0 aromatic heterocycles. The molecule has 0 aliphatic heterocycles. The summed E-state index contributed by atoms with van der Waals surface area (Å²) in [5, 5.41) is 16.5. The van der Waals surface area contributed by atoms with Crippen molar-refractivity contribution in [1.82, 2.24) is 10.6 Å². The fourth-order valence-corrected chi connectivity index (χ4v) is 3.56. The van der Waals surface area contributed by atoms with Crippen LogP contribution in [0.15, 0.2) is 30.3 Å². The second-order valence-corrected chi connectivity index (χ2v) is 7.69. The summed E-state index contributed by atoms with van der Waals surface area (Å²) in [6.45, 7) is 3.57. The van der Waals surface area contributed by atoms with Gasteiger partial charge >= 0.3 is 5.97 Å². The Bertz CT molecular complexity index is 683. The summed E-state index contributed by atoms with van der Waals surface area (Å²) in [5.74, 6) is -1.80. The number of nitrogens with one attached hydrogen (secondary N) is 2. The third-order valence-electron chi connectivity index (χ3n) is 5.25. The van der Waals surface area contributed by atoms with Crippen LogP contribution < -0.4 is 10.6 Å². The van der Waals surface area contributed by atoms with Gasteiger partial charge in [-0.05, 0) is 30.9 Å². The Morgan fingerprint density at radius 3 is 2.18 bits per heavy atom. The molecule has 3 N–H and O–H groups in total. The summed E-state index contributed by atoms with van der Waals surface area (Å²) in [6, 6.07) is 6.50. The molecule has 0 unspecified atom stereocenters. The van der Waals surface area contributed by atoms with E-state index in [2.05, 4.69) is 10.6 Å². The molecular weight excluding hydrogens is 360 g/mol. The minimum atomic E-state index is -1.36. The van der Waals surface area contributed by atoms with E-state index in [1.165, 1.54) is 7.11 Å². The molecule has 2 atom stereocenters. The van der Waals surface area contributed by atoms with Crippen LogP contribution in [0.4, 0.5) is 0 Å². The van der Waals surface area contributed by atoms with E-state index in [0.29, 0.717) is 18.4 Å². The number of aliphatic hydroxyl groups is 1. The first-order valence-electron chi connectivity index (χ1n) is 9.75. The quantitative estimate of drug-likeness (QED) is 0.616. The van der Waals surface area contributed by atoms with E-state index in [0.717, 1.165) is 19.3 Å². The van der Waals surface area contributed by atoms with Crippen molar-refractivity contribution < 1.29 is 24.2 Å². The summed E-state index contributed by atoms with van der Waals surface area (Å²) in [4.78, 5) is 37.7. The van der Waals surface area contributed by atoms with Crippen molar-refractivity contribution in [1.29, 1.82) is 0 Å². The molecule has 28 heavy (non-hydrogen) atoms. The van der Waals surface area contributed by atoms with Gasteiger partial charge in [0, 0.05) is 5.56 Å². The molecule has 1 fully saturated rings. The molecule has 0 spiro atoms. The molecule has 0 bridgehead atoms. The van der Waals surface area contributed by atoms with Crippen LogP contribution in [0.1, 0.15) is 56.3 Å². The highest BCUT2D eigenvalue weighted by atomic mass is 16.5. The van der Waals surface area contributed by atoms with Crippen molar-refractivity contribution in [3.8, 4) is 0 Å². The standard InChI is InChI=1S/C21H30N2O5/c1-14(2)16(20(26)28-3)22-19(25)17(21(27)12-8-5-9-13-21)23-18(24)15-10-6-4-7-11-15/h4,6-7,10-11,14,16-17,27H,5,8-9,12-13H2,1-3H3,(H,22,25)(H,23,24)/t16-,17-/m0/s1. The number of methoxy groups -OCH3 is 1. The Balaban J connectivity index is 2.25. The van der Waals surface area contributed by atoms with Crippen molar-refractivity contribution in [3.05, 3.63) is 35.9 Å². The summed E-state index contributed by atoms with van der Waals surface area (Å²) >= 11 is 0. The molecule has 1 aliphatic rings. The van der Waals surface area contributed by atoms with Gasteiger partial charge < -0.3 is 20.5 Å². The molecule has 0 saturated heterocycles. The molecule has 2 rings (SSSR count). The Morgan fingerprint density at radius 1 is 1.04 bits per heavy atom. The predicted octanol–water partition coefficient (Wildman–Crippen LogP) is 1.79. The lowest BCUT2D eigenvalue weighted by Crippen LogP contribution is -2.63. The zero-order chi connectivity index (χ0) is 20.7. The van der Waals surface area contributed by atoms with Gasteiger partial charge in [0.15, 0.2) is 0 Å². The summed E-state index contributed by atoms with van der Waals surface area (Å²) < 4.78 is 4.77. The van der Waals surface area contributed by atoms with Gasteiger partial charge in [0.1, 0.15) is 12.1 Å². The maximum absolute atomic E-state index is 13.1. The lowest BCUT2D eigenvalue weighted by molar-refractivity contribution is -0.148. The molecule has 0 radical (unpaired) electrons. The van der Waals surface area contributed by atoms with Gasteiger partial charge in [0.2, 0.25) is 5.91 Å². The van der Waals surface area contributed by atoms with E-state index < -0.39 is 35.5 Å². The third kappa shape index (κ3) is 5.32. The zero-order valence-electron chi connectivity index (χ0n) is 16.7. The van der Waals surface area contributed by atoms with Crippen molar-refractivity contribution in [2.75, 3.05) is 7.11 Å². The van der Waals surface area contributed by atoms with Crippen molar-refractivity contribution in [3.63, 3.8) is 0 Å². The number of hydrogen-bond donors (Lipinski definition) is 3. The average molecular weight is 390 g/mol. The van der Waals surface area contributed by atoms with E-state index in [9.17, 15) is 19.5 Å². The van der Waals surface area contributed by atoms with Crippen molar-refractivity contribution in [2.24, 2.45) is 5.92 Å². The molecule has 0 heterocycles. The number of hydrogen-bond acceptors (Lipinski definition) is 5. The number of rotatable bonds is 7. The van der Waals surface area contributed by atoms with Gasteiger partial charge in [0.25, 0.3) is 5.91 Å². The molecular formula is C21H30N2O5. The summed E-state index contributed by atoms with van der Waals surface area (Å²) in [7, 11) is 1.26. The number of carbonyl (C=O) groups excluding carboxylic acids is 3. The highest BCUT2D eigenvalue weighted by molar-refractivity contribution is 5.98. The first-order valence-corrected chi connectivity index (χ1v) is 9.75. The minimum Gasteiger partial charge on any atom is -0.467 e. The van der Waals surface area contributed by atoms with Crippen LogP contribution in [-0.4, -0.2) is 47.7 Å². The number of ether oxygens (including phenoxy) is 1. The van der Waals surface area contributed by atoms with Crippen LogP contribution >= 0.6 is 0 Å². The first kappa shape index (κ1) is 21.9. The van der Waals surface area contributed by atoms with E-state index in [-0.39, 0.29) is 5.92 Å². The summed E-state index contributed by atoms with van der Waals surface area (Å²) in [6.07, 6.45) is 3.33. The fourth-order valence-electron chi connectivity index (χ4n) is 3.56. The number of esters is 1. The smallest absolute Gasteiger partial charge is 0.328 e. The van der Waals surface area contributed by atoms with Crippen molar-refractivity contribution in [2.45, 2.75) is 63.6 Å². The van der Waals surface area contributed by atoms with Gasteiger partial charge in [0.05, 0.1) is 12.7 Å². The first-order chi connectivity index (χ1) is 13.3. The second-order valence-electron chi connectivity index (χ2n) is 7.69. The van der Waals surface area contributed by atoms with Gasteiger partial charge in [-0.25, -0.2) is 4.79 Å². The molecule has 2 amide bonds. The molecule has 7 nitrogen and oxygen atoms in total. The fraction of sp³-hybridized carbons (Fsp3) is 0.571. The molecule has 1 aromatic rings. The minimum absolute atomic E-state index is 0.206. The Labute approximate surface area is 165 Å². The highest BCUT2D eigenvalue weighted by Gasteiger charge is 2.44.